The molecule has 2 nitrogen and oxygen atoms in total. The number of aromatic nitrogens is 1. The van der Waals surface area contributed by atoms with E-state index in [-0.39, 0.29) is 3.42 Å². The molecule has 0 atom stereocenters. The molecule has 0 unspecified atom stereocenters. The van der Waals surface area contributed by atoms with Crippen LogP contribution < -0.4 is 0 Å². The van der Waals surface area contributed by atoms with E-state index < -0.39 is 0 Å². The van der Waals surface area contributed by atoms with Gasteiger partial charge in [-0.15, -0.1) is 6.42 Å². The molecule has 0 radical (unpaired) electrons. The molecule has 0 spiro atoms. The van der Waals surface area contributed by atoms with Crippen LogP contribution in [0.15, 0.2) is 10.7 Å². The standard InChI is InChI=1S/C8H8INO/c1-4-7-10-6(5-11-7)8(2,3)9/h1,5H,2-3H3. The molecule has 1 rings (SSSR count). The van der Waals surface area contributed by atoms with E-state index in [0.29, 0.717) is 5.89 Å². The van der Waals surface area contributed by atoms with Crippen LogP contribution in [-0.4, -0.2) is 4.98 Å². The van der Waals surface area contributed by atoms with E-state index in [4.69, 9.17) is 10.8 Å². The highest BCUT2D eigenvalue weighted by Crippen LogP contribution is 2.29. The minimum absolute atomic E-state index is 0.0175. The van der Waals surface area contributed by atoms with Crippen LogP contribution in [0.4, 0.5) is 0 Å². The van der Waals surface area contributed by atoms with Crippen LogP contribution in [0, 0.1) is 12.3 Å². The van der Waals surface area contributed by atoms with Gasteiger partial charge in [-0.3, -0.25) is 0 Å². The lowest BCUT2D eigenvalue weighted by molar-refractivity contribution is 0.541. The Labute approximate surface area is 79.5 Å². The average Bonchev–Trinajstić information content (AvgIpc) is 2.32. The molecule has 3 heteroatoms. The molecule has 0 aliphatic carbocycles. The quantitative estimate of drug-likeness (QED) is 0.440. The SMILES string of the molecule is C#Cc1nc(C(C)(C)I)co1. The summed E-state index contributed by atoms with van der Waals surface area (Å²) in [5.74, 6) is 2.69. The van der Waals surface area contributed by atoms with Gasteiger partial charge in [-0.05, 0) is 19.8 Å². The molecule has 0 aliphatic heterocycles. The van der Waals surface area contributed by atoms with E-state index in [1.165, 1.54) is 0 Å². The first-order valence-electron chi connectivity index (χ1n) is 3.15. The number of terminal acetylenes is 1. The Hall–Kier alpha value is -0.500. The molecule has 0 bridgehead atoms. The minimum atomic E-state index is -0.0175. The zero-order valence-corrected chi connectivity index (χ0v) is 8.55. The Morgan fingerprint density at radius 3 is 2.64 bits per heavy atom. The lowest BCUT2D eigenvalue weighted by Gasteiger charge is -2.10. The molecule has 11 heavy (non-hydrogen) atoms. The summed E-state index contributed by atoms with van der Waals surface area (Å²) in [6.45, 7) is 4.09. The highest BCUT2D eigenvalue weighted by molar-refractivity contribution is 14.1. The van der Waals surface area contributed by atoms with Crippen molar-refractivity contribution in [3.63, 3.8) is 0 Å². The molecule has 1 aromatic rings. The van der Waals surface area contributed by atoms with Crippen LogP contribution in [0.25, 0.3) is 0 Å². The lowest BCUT2D eigenvalue weighted by Crippen LogP contribution is -2.06. The van der Waals surface area contributed by atoms with Gasteiger partial charge in [0.2, 0.25) is 0 Å². The van der Waals surface area contributed by atoms with E-state index >= 15 is 0 Å². The number of hydrogen-bond donors (Lipinski definition) is 0. The third-order valence-corrected chi connectivity index (χ3v) is 1.79. The summed E-state index contributed by atoms with van der Waals surface area (Å²) < 4.78 is 4.97. The van der Waals surface area contributed by atoms with E-state index in [1.807, 2.05) is 13.8 Å². The van der Waals surface area contributed by atoms with Crippen LogP contribution in [-0.2, 0) is 3.42 Å². The molecule has 0 aliphatic rings. The molecule has 0 fully saturated rings. The molecule has 0 saturated carbocycles. The third-order valence-electron chi connectivity index (χ3n) is 1.24. The first kappa shape index (κ1) is 8.60. The van der Waals surface area contributed by atoms with Crippen molar-refractivity contribution in [3.05, 3.63) is 17.8 Å². The molecule has 0 amide bonds. The van der Waals surface area contributed by atoms with Gasteiger partial charge in [-0.25, -0.2) is 4.98 Å². The summed E-state index contributed by atoms with van der Waals surface area (Å²) in [4.78, 5) is 4.09. The summed E-state index contributed by atoms with van der Waals surface area (Å²) >= 11 is 2.28. The Kier molecular flexibility index (Phi) is 2.23. The highest BCUT2D eigenvalue weighted by atomic mass is 127. The van der Waals surface area contributed by atoms with Crippen LogP contribution in [0.2, 0.25) is 0 Å². The fourth-order valence-electron chi connectivity index (χ4n) is 0.613. The molecular formula is C8H8INO. The molecule has 1 heterocycles. The Bertz CT molecular complexity index is 290. The Balaban J connectivity index is 3.01. The van der Waals surface area contributed by atoms with Crippen LogP contribution in [0.5, 0.6) is 0 Å². The minimum Gasteiger partial charge on any atom is -0.438 e. The van der Waals surface area contributed by atoms with Gasteiger partial charge in [0.15, 0.2) is 0 Å². The number of nitrogens with zero attached hydrogens (tertiary/aromatic N) is 1. The molecular weight excluding hydrogens is 253 g/mol. The second-order valence-corrected chi connectivity index (χ2v) is 5.35. The van der Waals surface area contributed by atoms with Crippen molar-refractivity contribution in [2.24, 2.45) is 0 Å². The van der Waals surface area contributed by atoms with Crippen molar-refractivity contribution in [2.75, 3.05) is 0 Å². The normalized spacial score (nSPS) is 11.1. The smallest absolute Gasteiger partial charge is 0.273 e. The fraction of sp³-hybridized carbons (Fsp3) is 0.375. The lowest BCUT2D eigenvalue weighted by atomic mass is 10.2. The van der Waals surface area contributed by atoms with Gasteiger partial charge in [0, 0.05) is 0 Å². The second-order valence-electron chi connectivity index (χ2n) is 2.65. The largest absolute Gasteiger partial charge is 0.438 e. The van der Waals surface area contributed by atoms with Crippen LogP contribution in [0.3, 0.4) is 0 Å². The summed E-state index contributed by atoms with van der Waals surface area (Å²) in [5, 5.41) is 0. The Morgan fingerprint density at radius 2 is 2.36 bits per heavy atom. The van der Waals surface area contributed by atoms with Gasteiger partial charge in [-0.2, -0.15) is 0 Å². The molecule has 1 aromatic heterocycles. The summed E-state index contributed by atoms with van der Waals surface area (Å²) in [5.41, 5.74) is 0.881. The van der Waals surface area contributed by atoms with Crippen molar-refractivity contribution in [2.45, 2.75) is 17.3 Å². The monoisotopic (exact) mass is 261 g/mol. The van der Waals surface area contributed by atoms with Crippen molar-refractivity contribution >= 4 is 22.6 Å². The predicted molar refractivity (Wildman–Crippen MR) is 51.5 cm³/mol. The molecule has 0 aromatic carbocycles. The van der Waals surface area contributed by atoms with E-state index in [9.17, 15) is 0 Å². The predicted octanol–water partition coefficient (Wildman–Crippen LogP) is 2.33. The maximum Gasteiger partial charge on any atom is 0.273 e. The van der Waals surface area contributed by atoms with Gasteiger partial charge in [0.25, 0.3) is 5.89 Å². The fourth-order valence-corrected chi connectivity index (χ4v) is 0.861. The van der Waals surface area contributed by atoms with Gasteiger partial charge in [0.1, 0.15) is 6.26 Å². The molecule has 0 N–H and O–H groups in total. The van der Waals surface area contributed by atoms with Crippen molar-refractivity contribution in [1.29, 1.82) is 0 Å². The maximum absolute atomic E-state index is 5.10. The zero-order valence-electron chi connectivity index (χ0n) is 6.39. The second kappa shape index (κ2) is 2.86. The summed E-state index contributed by atoms with van der Waals surface area (Å²) in [6.07, 6.45) is 6.70. The van der Waals surface area contributed by atoms with Gasteiger partial charge in [-0.1, -0.05) is 22.6 Å². The van der Waals surface area contributed by atoms with Crippen molar-refractivity contribution < 1.29 is 4.42 Å². The van der Waals surface area contributed by atoms with Crippen molar-refractivity contribution in [1.82, 2.24) is 4.98 Å². The van der Waals surface area contributed by atoms with E-state index in [0.717, 1.165) is 5.69 Å². The number of oxazole rings is 1. The average molecular weight is 261 g/mol. The van der Waals surface area contributed by atoms with Gasteiger partial charge >= 0.3 is 0 Å². The number of rotatable bonds is 1. The number of hydrogen-bond acceptors (Lipinski definition) is 2. The number of alkyl halides is 1. The van der Waals surface area contributed by atoms with Gasteiger partial charge < -0.3 is 4.42 Å². The molecule has 0 saturated heterocycles. The van der Waals surface area contributed by atoms with Crippen molar-refractivity contribution in [3.8, 4) is 12.3 Å². The Morgan fingerprint density at radius 1 is 1.73 bits per heavy atom. The third kappa shape index (κ3) is 1.96. The van der Waals surface area contributed by atoms with Crippen LogP contribution >= 0.6 is 22.6 Å². The molecule has 58 valence electrons. The zero-order chi connectivity index (χ0) is 8.48. The van der Waals surface area contributed by atoms with E-state index in [1.54, 1.807) is 6.26 Å². The topological polar surface area (TPSA) is 26.0 Å². The summed E-state index contributed by atoms with van der Waals surface area (Å²) in [6, 6.07) is 0. The first-order valence-corrected chi connectivity index (χ1v) is 4.23. The van der Waals surface area contributed by atoms with Gasteiger partial charge in [0.05, 0.1) is 9.12 Å². The number of halogens is 1. The summed E-state index contributed by atoms with van der Waals surface area (Å²) in [7, 11) is 0. The van der Waals surface area contributed by atoms with E-state index in [2.05, 4.69) is 33.5 Å². The highest BCUT2D eigenvalue weighted by Gasteiger charge is 2.19. The first-order chi connectivity index (χ1) is 5.04. The van der Waals surface area contributed by atoms with Crippen LogP contribution in [0.1, 0.15) is 25.4 Å². The maximum atomic E-state index is 5.10.